The van der Waals surface area contributed by atoms with Crippen LogP contribution in [0.5, 0.6) is 0 Å². The SMILES string of the molecule is CCNC(c1occc1Br)c1scnc1C. The van der Waals surface area contributed by atoms with Crippen molar-refractivity contribution in [3.8, 4) is 0 Å². The molecule has 86 valence electrons. The van der Waals surface area contributed by atoms with E-state index in [4.69, 9.17) is 4.42 Å². The lowest BCUT2D eigenvalue weighted by atomic mass is 10.1. The first kappa shape index (κ1) is 11.8. The number of nitrogens with zero attached hydrogens (tertiary/aromatic N) is 1. The van der Waals surface area contributed by atoms with E-state index in [9.17, 15) is 0 Å². The normalized spacial score (nSPS) is 12.9. The first-order chi connectivity index (χ1) is 7.74. The smallest absolute Gasteiger partial charge is 0.140 e. The van der Waals surface area contributed by atoms with Crippen LogP contribution >= 0.6 is 27.3 Å². The lowest BCUT2D eigenvalue weighted by Gasteiger charge is -2.15. The Morgan fingerprint density at radius 3 is 2.94 bits per heavy atom. The quantitative estimate of drug-likeness (QED) is 0.939. The van der Waals surface area contributed by atoms with Crippen molar-refractivity contribution in [1.29, 1.82) is 0 Å². The Labute approximate surface area is 107 Å². The topological polar surface area (TPSA) is 38.1 Å². The third kappa shape index (κ3) is 2.21. The van der Waals surface area contributed by atoms with Gasteiger partial charge in [-0.15, -0.1) is 11.3 Å². The molecule has 1 N–H and O–H groups in total. The molecule has 0 bridgehead atoms. The van der Waals surface area contributed by atoms with E-state index in [2.05, 4.69) is 33.2 Å². The molecule has 0 aliphatic rings. The van der Waals surface area contributed by atoms with Gasteiger partial charge in [0.1, 0.15) is 11.8 Å². The summed E-state index contributed by atoms with van der Waals surface area (Å²) >= 11 is 5.15. The van der Waals surface area contributed by atoms with Gasteiger partial charge in [0.15, 0.2) is 0 Å². The summed E-state index contributed by atoms with van der Waals surface area (Å²) in [6.07, 6.45) is 1.69. The van der Waals surface area contributed by atoms with Gasteiger partial charge in [0.25, 0.3) is 0 Å². The van der Waals surface area contributed by atoms with Crippen LogP contribution in [0.3, 0.4) is 0 Å². The van der Waals surface area contributed by atoms with Gasteiger partial charge in [-0.3, -0.25) is 0 Å². The molecule has 0 saturated carbocycles. The Balaban J connectivity index is 2.39. The standard InChI is InChI=1S/C11H13BrN2OS/c1-3-13-9(10-8(12)4-5-15-10)11-7(2)14-6-16-11/h4-6,9,13H,3H2,1-2H3. The van der Waals surface area contributed by atoms with E-state index in [1.165, 1.54) is 4.88 Å². The van der Waals surface area contributed by atoms with E-state index >= 15 is 0 Å². The highest BCUT2D eigenvalue weighted by Gasteiger charge is 2.22. The number of aromatic nitrogens is 1. The molecule has 0 amide bonds. The predicted octanol–water partition coefficient (Wildman–Crippen LogP) is 3.51. The molecule has 1 unspecified atom stereocenters. The third-order valence-electron chi connectivity index (χ3n) is 2.36. The molecule has 2 aromatic heterocycles. The molecule has 0 spiro atoms. The highest BCUT2D eigenvalue weighted by atomic mass is 79.9. The summed E-state index contributed by atoms with van der Waals surface area (Å²) in [6.45, 7) is 4.99. The molecular weight excluding hydrogens is 288 g/mol. The molecular formula is C11H13BrN2OS. The van der Waals surface area contributed by atoms with Crippen molar-refractivity contribution in [3.05, 3.63) is 38.6 Å². The maximum Gasteiger partial charge on any atom is 0.140 e. The molecule has 0 aliphatic heterocycles. The Hall–Kier alpha value is -0.650. The van der Waals surface area contributed by atoms with Crippen molar-refractivity contribution in [2.45, 2.75) is 19.9 Å². The summed E-state index contributed by atoms with van der Waals surface area (Å²) in [7, 11) is 0. The average molecular weight is 301 g/mol. The molecule has 1 atom stereocenters. The van der Waals surface area contributed by atoms with E-state index in [-0.39, 0.29) is 6.04 Å². The number of furan rings is 1. The summed E-state index contributed by atoms with van der Waals surface area (Å²) in [5.41, 5.74) is 2.92. The first-order valence-corrected chi connectivity index (χ1v) is 6.77. The van der Waals surface area contributed by atoms with Gasteiger partial charge in [-0.2, -0.15) is 0 Å². The summed E-state index contributed by atoms with van der Waals surface area (Å²) < 4.78 is 6.52. The van der Waals surface area contributed by atoms with E-state index in [1.807, 2.05) is 18.5 Å². The summed E-state index contributed by atoms with van der Waals surface area (Å²) in [4.78, 5) is 5.49. The van der Waals surface area contributed by atoms with Crippen molar-refractivity contribution < 1.29 is 4.42 Å². The zero-order valence-electron chi connectivity index (χ0n) is 9.16. The highest BCUT2D eigenvalue weighted by molar-refractivity contribution is 9.10. The van der Waals surface area contributed by atoms with Crippen LogP contribution in [0.1, 0.15) is 29.3 Å². The van der Waals surface area contributed by atoms with Crippen molar-refractivity contribution in [2.24, 2.45) is 0 Å². The third-order valence-corrected chi connectivity index (χ3v) is 4.01. The lowest BCUT2D eigenvalue weighted by molar-refractivity contribution is 0.452. The van der Waals surface area contributed by atoms with Crippen LogP contribution in [0.25, 0.3) is 0 Å². The first-order valence-electron chi connectivity index (χ1n) is 5.10. The van der Waals surface area contributed by atoms with Crippen molar-refractivity contribution >= 4 is 27.3 Å². The second-order valence-electron chi connectivity index (χ2n) is 3.43. The molecule has 0 fully saturated rings. The summed E-state index contributed by atoms with van der Waals surface area (Å²) in [6, 6.07) is 2.00. The van der Waals surface area contributed by atoms with Crippen LogP contribution in [0, 0.1) is 6.92 Å². The average Bonchev–Trinajstić information content (AvgIpc) is 2.84. The van der Waals surface area contributed by atoms with E-state index in [0.29, 0.717) is 0 Å². The fraction of sp³-hybridized carbons (Fsp3) is 0.364. The van der Waals surface area contributed by atoms with E-state index in [1.54, 1.807) is 17.6 Å². The number of thiazole rings is 1. The van der Waals surface area contributed by atoms with E-state index in [0.717, 1.165) is 22.5 Å². The van der Waals surface area contributed by atoms with Gasteiger partial charge in [-0.25, -0.2) is 4.98 Å². The van der Waals surface area contributed by atoms with Gasteiger partial charge in [-0.1, -0.05) is 6.92 Å². The van der Waals surface area contributed by atoms with Crippen LogP contribution in [-0.2, 0) is 0 Å². The number of hydrogen-bond donors (Lipinski definition) is 1. The van der Waals surface area contributed by atoms with Crippen molar-refractivity contribution in [3.63, 3.8) is 0 Å². The van der Waals surface area contributed by atoms with Crippen LogP contribution in [0.2, 0.25) is 0 Å². The second kappa shape index (κ2) is 5.12. The Bertz CT molecular complexity index is 426. The maximum absolute atomic E-state index is 5.53. The van der Waals surface area contributed by atoms with Crippen LogP contribution in [0.15, 0.2) is 26.7 Å². The minimum Gasteiger partial charge on any atom is -0.466 e. The van der Waals surface area contributed by atoms with Gasteiger partial charge >= 0.3 is 0 Å². The lowest BCUT2D eigenvalue weighted by Crippen LogP contribution is -2.21. The second-order valence-corrected chi connectivity index (χ2v) is 5.17. The zero-order chi connectivity index (χ0) is 11.5. The zero-order valence-corrected chi connectivity index (χ0v) is 11.6. The number of hydrogen-bond acceptors (Lipinski definition) is 4. The Morgan fingerprint density at radius 2 is 2.44 bits per heavy atom. The monoisotopic (exact) mass is 300 g/mol. The Morgan fingerprint density at radius 1 is 1.62 bits per heavy atom. The Kier molecular flexibility index (Phi) is 3.78. The molecule has 3 nitrogen and oxygen atoms in total. The van der Waals surface area contributed by atoms with Crippen LogP contribution in [-0.4, -0.2) is 11.5 Å². The number of nitrogens with one attached hydrogen (secondary N) is 1. The molecule has 0 aromatic carbocycles. The van der Waals surface area contributed by atoms with Gasteiger partial charge in [-0.05, 0) is 35.5 Å². The molecule has 2 heterocycles. The molecule has 5 heteroatoms. The van der Waals surface area contributed by atoms with Gasteiger partial charge < -0.3 is 9.73 Å². The summed E-state index contributed by atoms with van der Waals surface area (Å²) in [5.74, 6) is 0.911. The molecule has 2 aromatic rings. The van der Waals surface area contributed by atoms with E-state index < -0.39 is 0 Å². The van der Waals surface area contributed by atoms with Crippen molar-refractivity contribution in [1.82, 2.24) is 10.3 Å². The van der Waals surface area contributed by atoms with Gasteiger partial charge in [0.2, 0.25) is 0 Å². The predicted molar refractivity (Wildman–Crippen MR) is 68.8 cm³/mol. The maximum atomic E-state index is 5.53. The fourth-order valence-electron chi connectivity index (χ4n) is 1.61. The molecule has 16 heavy (non-hydrogen) atoms. The number of halogens is 1. The van der Waals surface area contributed by atoms with Crippen LogP contribution < -0.4 is 5.32 Å². The summed E-state index contributed by atoms with van der Waals surface area (Å²) in [5, 5.41) is 3.42. The van der Waals surface area contributed by atoms with Crippen LogP contribution in [0.4, 0.5) is 0 Å². The fourth-order valence-corrected chi connectivity index (χ4v) is 2.91. The largest absolute Gasteiger partial charge is 0.466 e. The van der Waals surface area contributed by atoms with Gasteiger partial charge in [0.05, 0.1) is 26.8 Å². The molecule has 0 radical (unpaired) electrons. The van der Waals surface area contributed by atoms with Crippen molar-refractivity contribution in [2.75, 3.05) is 6.54 Å². The number of aryl methyl sites for hydroxylation is 1. The minimum atomic E-state index is 0.0851. The molecule has 0 saturated heterocycles. The number of rotatable bonds is 4. The highest BCUT2D eigenvalue weighted by Crippen LogP contribution is 2.32. The molecule has 0 aliphatic carbocycles. The minimum absolute atomic E-state index is 0.0851. The molecule has 2 rings (SSSR count). The van der Waals surface area contributed by atoms with Gasteiger partial charge in [0, 0.05) is 0 Å².